The van der Waals surface area contributed by atoms with E-state index >= 15 is 0 Å². The Bertz CT molecular complexity index is 360. The number of nitrogens with zero attached hydrogens (tertiary/aromatic N) is 1. The number of nitrogens with two attached hydrogens (primary N) is 1. The maximum Gasteiger partial charge on any atom is 0.235 e. The summed E-state index contributed by atoms with van der Waals surface area (Å²) >= 11 is 7.14. The van der Waals surface area contributed by atoms with E-state index in [9.17, 15) is 4.79 Å². The average Bonchev–Trinajstić information content (AvgIpc) is 2.37. The molecule has 0 aromatic carbocycles. The third kappa shape index (κ3) is 3.06. The molecule has 2 unspecified atom stereocenters. The number of carbonyl (C=O) groups excluding carboxylic acids is 1. The largest absolute Gasteiger partial charge is 0.392 e. The van der Waals surface area contributed by atoms with Gasteiger partial charge in [0.1, 0.15) is 5.41 Å². The third-order valence-corrected chi connectivity index (χ3v) is 5.55. The molecule has 2 atom stereocenters. The Morgan fingerprint density at radius 2 is 1.84 bits per heavy atom. The minimum Gasteiger partial charge on any atom is -0.392 e. The van der Waals surface area contributed by atoms with Gasteiger partial charge in [-0.05, 0) is 12.8 Å². The highest BCUT2D eigenvalue weighted by molar-refractivity contribution is 8.00. The summed E-state index contributed by atoms with van der Waals surface area (Å²) in [6.45, 7) is 7.04. The lowest BCUT2D eigenvalue weighted by atomic mass is 9.78. The van der Waals surface area contributed by atoms with Gasteiger partial charge in [-0.25, -0.2) is 0 Å². The van der Waals surface area contributed by atoms with Crippen molar-refractivity contribution in [3.63, 3.8) is 0 Å². The minimum absolute atomic E-state index is 0.113. The van der Waals surface area contributed by atoms with Crippen LogP contribution in [0.2, 0.25) is 0 Å². The standard InChI is InChI=1S/C13H22N2O2S2/c1-9-7-15(8-10(2)19-9)12(16)13(11(14)18)3-5-17-6-4-13/h9-10H,3-8H2,1-2H3,(H2,14,18). The van der Waals surface area contributed by atoms with E-state index in [0.717, 1.165) is 13.1 Å². The maximum absolute atomic E-state index is 12.9. The first-order chi connectivity index (χ1) is 8.95. The van der Waals surface area contributed by atoms with Gasteiger partial charge in [-0.1, -0.05) is 26.1 Å². The maximum atomic E-state index is 12.9. The fourth-order valence-electron chi connectivity index (χ4n) is 2.93. The lowest BCUT2D eigenvalue weighted by molar-refractivity contribution is -0.142. The molecule has 108 valence electrons. The lowest BCUT2D eigenvalue weighted by Gasteiger charge is -2.42. The highest BCUT2D eigenvalue weighted by Crippen LogP contribution is 2.35. The van der Waals surface area contributed by atoms with Crippen molar-refractivity contribution in [3.8, 4) is 0 Å². The van der Waals surface area contributed by atoms with Crippen LogP contribution in [0, 0.1) is 5.41 Å². The Morgan fingerprint density at radius 3 is 2.32 bits per heavy atom. The Balaban J connectivity index is 2.17. The predicted octanol–water partition coefficient (Wildman–Crippen LogP) is 1.42. The molecule has 0 radical (unpaired) electrons. The fourth-order valence-corrected chi connectivity index (χ4v) is 4.55. The van der Waals surface area contributed by atoms with Crippen LogP contribution in [0.5, 0.6) is 0 Å². The van der Waals surface area contributed by atoms with E-state index in [1.54, 1.807) is 0 Å². The number of ether oxygens (including phenoxy) is 1. The molecular formula is C13H22N2O2S2. The molecule has 0 aromatic heterocycles. The van der Waals surface area contributed by atoms with Crippen molar-refractivity contribution in [3.05, 3.63) is 0 Å². The smallest absolute Gasteiger partial charge is 0.235 e. The highest BCUT2D eigenvalue weighted by atomic mass is 32.2. The first-order valence-corrected chi connectivity index (χ1v) is 8.13. The zero-order chi connectivity index (χ0) is 14.0. The van der Waals surface area contributed by atoms with Gasteiger partial charge in [0.25, 0.3) is 0 Å². The summed E-state index contributed by atoms with van der Waals surface area (Å²) in [4.78, 5) is 15.2. The van der Waals surface area contributed by atoms with Crippen molar-refractivity contribution < 1.29 is 9.53 Å². The number of thioether (sulfide) groups is 1. The first-order valence-electron chi connectivity index (χ1n) is 6.78. The van der Waals surface area contributed by atoms with Gasteiger partial charge in [0.05, 0.1) is 4.99 Å². The molecule has 2 rings (SSSR count). The van der Waals surface area contributed by atoms with Gasteiger partial charge in [-0.15, -0.1) is 0 Å². The monoisotopic (exact) mass is 302 g/mol. The van der Waals surface area contributed by atoms with E-state index in [1.807, 2.05) is 16.7 Å². The van der Waals surface area contributed by atoms with Crippen molar-refractivity contribution in [2.24, 2.45) is 11.1 Å². The predicted molar refractivity (Wildman–Crippen MR) is 82.4 cm³/mol. The average molecular weight is 302 g/mol. The molecule has 1 amide bonds. The Kier molecular flexibility index (Phi) is 4.74. The second kappa shape index (κ2) is 5.97. The van der Waals surface area contributed by atoms with Crippen LogP contribution in [0.25, 0.3) is 0 Å². The van der Waals surface area contributed by atoms with Gasteiger partial charge >= 0.3 is 0 Å². The molecule has 0 aliphatic carbocycles. The molecule has 19 heavy (non-hydrogen) atoms. The van der Waals surface area contributed by atoms with Gasteiger partial charge in [0, 0.05) is 36.8 Å². The molecule has 4 nitrogen and oxygen atoms in total. The zero-order valence-corrected chi connectivity index (χ0v) is 13.2. The van der Waals surface area contributed by atoms with Crippen LogP contribution < -0.4 is 5.73 Å². The van der Waals surface area contributed by atoms with Crippen LogP contribution in [0.3, 0.4) is 0 Å². The second-order valence-corrected chi connectivity index (χ2v) is 7.85. The summed E-state index contributed by atoms with van der Waals surface area (Å²) < 4.78 is 5.36. The second-order valence-electron chi connectivity index (χ2n) is 5.53. The van der Waals surface area contributed by atoms with E-state index in [2.05, 4.69) is 13.8 Å². The van der Waals surface area contributed by atoms with Gasteiger partial charge in [-0.2, -0.15) is 11.8 Å². The summed E-state index contributed by atoms with van der Waals surface area (Å²) in [5, 5.41) is 0.937. The quantitative estimate of drug-likeness (QED) is 0.782. The van der Waals surface area contributed by atoms with Gasteiger partial charge < -0.3 is 15.4 Å². The number of hydrogen-bond acceptors (Lipinski definition) is 4. The Hall–Kier alpha value is -0.330. The molecule has 2 fully saturated rings. The number of thiocarbonyl (C=S) groups is 1. The molecule has 6 heteroatoms. The van der Waals surface area contributed by atoms with Crippen LogP contribution in [0.1, 0.15) is 26.7 Å². The summed E-state index contributed by atoms with van der Waals surface area (Å²) in [7, 11) is 0. The number of hydrogen-bond donors (Lipinski definition) is 1. The summed E-state index contributed by atoms with van der Waals surface area (Å²) in [5.74, 6) is 0.113. The third-order valence-electron chi connectivity index (χ3n) is 3.93. The fraction of sp³-hybridized carbons (Fsp3) is 0.846. The van der Waals surface area contributed by atoms with E-state index < -0.39 is 5.41 Å². The van der Waals surface area contributed by atoms with E-state index in [-0.39, 0.29) is 5.91 Å². The van der Waals surface area contributed by atoms with Crippen LogP contribution in [-0.2, 0) is 9.53 Å². The summed E-state index contributed by atoms with van der Waals surface area (Å²) in [6.07, 6.45) is 1.24. The van der Waals surface area contributed by atoms with Gasteiger partial charge in [0.15, 0.2) is 0 Å². The number of rotatable bonds is 2. The van der Waals surface area contributed by atoms with Gasteiger partial charge in [0.2, 0.25) is 5.91 Å². The van der Waals surface area contributed by atoms with E-state index in [0.29, 0.717) is 41.5 Å². The van der Waals surface area contributed by atoms with Crippen molar-refractivity contribution in [1.29, 1.82) is 0 Å². The molecule has 2 saturated heterocycles. The Labute approximate surface area is 124 Å². The van der Waals surface area contributed by atoms with Crippen LogP contribution >= 0.6 is 24.0 Å². The number of amides is 1. The molecule has 2 aliphatic heterocycles. The zero-order valence-electron chi connectivity index (χ0n) is 11.6. The molecule has 2 heterocycles. The molecular weight excluding hydrogens is 280 g/mol. The minimum atomic E-state index is -0.672. The van der Waals surface area contributed by atoms with Crippen molar-refractivity contribution >= 4 is 34.9 Å². The van der Waals surface area contributed by atoms with Crippen LogP contribution in [0.15, 0.2) is 0 Å². The Morgan fingerprint density at radius 1 is 1.32 bits per heavy atom. The number of carbonyl (C=O) groups is 1. The molecule has 0 spiro atoms. The van der Waals surface area contributed by atoms with Crippen molar-refractivity contribution in [1.82, 2.24) is 4.90 Å². The normalized spacial score (nSPS) is 30.9. The molecule has 2 N–H and O–H groups in total. The van der Waals surface area contributed by atoms with E-state index in [1.165, 1.54) is 0 Å². The van der Waals surface area contributed by atoms with Crippen LogP contribution in [0.4, 0.5) is 0 Å². The van der Waals surface area contributed by atoms with Crippen LogP contribution in [-0.4, -0.2) is 52.6 Å². The van der Waals surface area contributed by atoms with E-state index in [4.69, 9.17) is 22.7 Å². The van der Waals surface area contributed by atoms with Gasteiger partial charge in [-0.3, -0.25) is 4.79 Å². The summed E-state index contributed by atoms with van der Waals surface area (Å²) in [5.41, 5.74) is 5.23. The first kappa shape index (κ1) is 15.1. The van der Waals surface area contributed by atoms with Crippen molar-refractivity contribution in [2.75, 3.05) is 26.3 Å². The van der Waals surface area contributed by atoms with Crippen molar-refractivity contribution in [2.45, 2.75) is 37.2 Å². The highest BCUT2D eigenvalue weighted by Gasteiger charge is 2.46. The summed E-state index contributed by atoms with van der Waals surface area (Å²) in [6, 6.07) is 0. The topological polar surface area (TPSA) is 55.6 Å². The molecule has 2 aliphatic rings. The molecule has 0 bridgehead atoms. The SMILES string of the molecule is CC1CN(C(=O)C2(C(N)=S)CCOCC2)CC(C)S1. The molecule has 0 aromatic rings. The molecule has 0 saturated carbocycles. The lowest BCUT2D eigenvalue weighted by Crippen LogP contribution is -2.56.